The predicted octanol–water partition coefficient (Wildman–Crippen LogP) is 2.26. The van der Waals surface area contributed by atoms with Gasteiger partial charge in [-0.1, -0.05) is 18.2 Å². The number of alkyl halides is 3. The van der Waals surface area contributed by atoms with Gasteiger partial charge in [-0.2, -0.15) is 17.6 Å². The van der Waals surface area contributed by atoms with Crippen LogP contribution in [0.5, 0.6) is 0 Å². The number of nitrogens with two attached hydrogens (primary N) is 1. The summed E-state index contributed by atoms with van der Waals surface area (Å²) in [6.07, 6.45) is -4.50. The number of rotatable bonds is 1. The van der Waals surface area contributed by atoms with Crippen LogP contribution in [0.2, 0.25) is 0 Å². The van der Waals surface area contributed by atoms with Crippen LogP contribution >= 0.6 is 0 Å². The monoisotopic (exact) mass is 209 g/mol. The average molecular weight is 209 g/mol. The molecule has 2 nitrogen and oxygen atoms in total. The predicted molar refractivity (Wildman–Crippen MR) is 42.1 cm³/mol. The molecule has 1 aromatic rings. The number of hydrogen-bond acceptors (Lipinski definition) is 2. The summed E-state index contributed by atoms with van der Waals surface area (Å²) in [4.78, 5) is 9.98. The SMILES string of the molecule is NC(F)(F)F.O=C(F)c1ccccc1. The normalized spacial score (nSPS) is 10.1. The van der Waals surface area contributed by atoms with Gasteiger partial charge in [-0.3, -0.25) is 4.79 Å². The number of halogens is 4. The molecular weight excluding hydrogens is 202 g/mol. The van der Waals surface area contributed by atoms with Crippen LogP contribution in [0.25, 0.3) is 0 Å². The van der Waals surface area contributed by atoms with Crippen LogP contribution in [0.15, 0.2) is 30.3 Å². The largest absolute Gasteiger partial charge is 0.454 e. The zero-order valence-corrected chi connectivity index (χ0v) is 6.88. The molecule has 2 N–H and O–H groups in total. The molecule has 0 heterocycles. The molecule has 14 heavy (non-hydrogen) atoms. The van der Waals surface area contributed by atoms with Crippen LogP contribution in [0.1, 0.15) is 10.4 Å². The van der Waals surface area contributed by atoms with Gasteiger partial charge in [0.05, 0.1) is 5.56 Å². The van der Waals surface area contributed by atoms with Crippen LogP contribution in [0.3, 0.4) is 0 Å². The number of carbonyl (C=O) groups excluding carboxylic acids is 1. The molecule has 6 heteroatoms. The average Bonchev–Trinajstić information content (AvgIpc) is 2.03. The Hall–Kier alpha value is -1.43. The van der Waals surface area contributed by atoms with Crippen LogP contribution in [0, 0.1) is 0 Å². The van der Waals surface area contributed by atoms with Crippen LogP contribution < -0.4 is 5.73 Å². The van der Waals surface area contributed by atoms with Gasteiger partial charge in [0.2, 0.25) is 0 Å². The maximum atomic E-state index is 11.8. The summed E-state index contributed by atoms with van der Waals surface area (Å²) in [6.45, 7) is 0. The fraction of sp³-hybridized carbons (Fsp3) is 0.125. The van der Waals surface area contributed by atoms with Gasteiger partial charge in [-0.25, -0.2) is 5.73 Å². The van der Waals surface area contributed by atoms with Crippen molar-refractivity contribution in [2.24, 2.45) is 5.73 Å². The lowest BCUT2D eigenvalue weighted by Gasteiger charge is -1.89. The standard InChI is InChI=1S/C7H5FO.CH2F3N/c8-7(9)6-4-2-1-3-5-6;2-1(3,4)5/h1-5H;5H2. The summed E-state index contributed by atoms with van der Waals surface area (Å²) < 4.78 is 42.2. The Bertz CT molecular complexity index is 277. The second kappa shape index (κ2) is 5.33. The third-order valence-electron chi connectivity index (χ3n) is 1.00. The molecule has 0 aromatic heterocycles. The van der Waals surface area contributed by atoms with Crippen molar-refractivity contribution in [3.63, 3.8) is 0 Å². The molecule has 0 aliphatic carbocycles. The molecule has 0 atom stereocenters. The number of benzene rings is 1. The molecule has 0 fully saturated rings. The second-order valence-electron chi connectivity index (χ2n) is 2.18. The molecule has 1 aromatic carbocycles. The van der Waals surface area contributed by atoms with Crippen molar-refractivity contribution in [1.82, 2.24) is 0 Å². The Balaban J connectivity index is 0.000000292. The van der Waals surface area contributed by atoms with Crippen molar-refractivity contribution < 1.29 is 22.4 Å². The minimum atomic E-state index is -4.50. The van der Waals surface area contributed by atoms with Gasteiger partial charge in [0.25, 0.3) is 0 Å². The van der Waals surface area contributed by atoms with E-state index in [1.165, 1.54) is 12.1 Å². The first kappa shape index (κ1) is 12.6. The summed E-state index contributed by atoms with van der Waals surface area (Å²) in [7, 11) is 0. The van der Waals surface area contributed by atoms with Gasteiger partial charge in [0.1, 0.15) is 0 Å². The molecular formula is C8H7F4NO. The third kappa shape index (κ3) is 8.66. The molecule has 0 unspecified atom stereocenters. The highest BCUT2D eigenvalue weighted by Gasteiger charge is 2.16. The summed E-state index contributed by atoms with van der Waals surface area (Å²) in [5, 5.41) is 0. The Morgan fingerprint density at radius 3 is 1.71 bits per heavy atom. The molecule has 78 valence electrons. The molecule has 0 aliphatic rings. The van der Waals surface area contributed by atoms with E-state index >= 15 is 0 Å². The fourth-order valence-corrected chi connectivity index (χ4v) is 0.569. The number of carbonyl (C=O) groups is 1. The van der Waals surface area contributed by atoms with Crippen LogP contribution in [-0.2, 0) is 0 Å². The van der Waals surface area contributed by atoms with E-state index in [9.17, 15) is 22.4 Å². The molecule has 0 bridgehead atoms. The van der Waals surface area contributed by atoms with E-state index in [0.717, 1.165) is 0 Å². The van der Waals surface area contributed by atoms with E-state index < -0.39 is 12.3 Å². The fourth-order valence-electron chi connectivity index (χ4n) is 0.569. The highest BCUT2D eigenvalue weighted by molar-refractivity contribution is 5.88. The molecule has 0 spiro atoms. The van der Waals surface area contributed by atoms with Gasteiger partial charge < -0.3 is 0 Å². The third-order valence-corrected chi connectivity index (χ3v) is 1.00. The lowest BCUT2D eigenvalue weighted by molar-refractivity contribution is -0.122. The number of hydrogen-bond donors (Lipinski definition) is 1. The smallest absolute Gasteiger partial charge is 0.255 e. The first-order valence-corrected chi connectivity index (χ1v) is 3.41. The minimum absolute atomic E-state index is 0.109. The zero-order chi connectivity index (χ0) is 11.2. The van der Waals surface area contributed by atoms with E-state index in [0.29, 0.717) is 0 Å². The first-order chi connectivity index (χ1) is 6.30. The second-order valence-corrected chi connectivity index (χ2v) is 2.18. The van der Waals surface area contributed by atoms with Crippen molar-refractivity contribution in [1.29, 1.82) is 0 Å². The van der Waals surface area contributed by atoms with Crippen LogP contribution in [-0.4, -0.2) is 12.3 Å². The van der Waals surface area contributed by atoms with E-state index in [1.54, 1.807) is 18.2 Å². The Morgan fingerprint density at radius 2 is 1.50 bits per heavy atom. The van der Waals surface area contributed by atoms with Gasteiger partial charge in [0, 0.05) is 0 Å². The maximum absolute atomic E-state index is 11.8. The Kier molecular flexibility index (Phi) is 4.79. The molecule has 0 amide bonds. The minimum Gasteiger partial charge on any atom is -0.255 e. The highest BCUT2D eigenvalue weighted by Crippen LogP contribution is 2.01. The van der Waals surface area contributed by atoms with Crippen molar-refractivity contribution in [2.75, 3.05) is 0 Å². The summed E-state index contributed by atoms with van der Waals surface area (Å²) in [6, 6.07) is 6.45. The molecule has 1 rings (SSSR count). The van der Waals surface area contributed by atoms with Gasteiger partial charge in [-0.15, -0.1) is 0 Å². The summed E-state index contributed by atoms with van der Waals surface area (Å²) >= 11 is 0. The van der Waals surface area contributed by atoms with E-state index in [4.69, 9.17) is 0 Å². The van der Waals surface area contributed by atoms with Crippen molar-refractivity contribution in [3.8, 4) is 0 Å². The first-order valence-electron chi connectivity index (χ1n) is 3.41. The van der Waals surface area contributed by atoms with Gasteiger partial charge >= 0.3 is 12.3 Å². The maximum Gasteiger partial charge on any atom is 0.454 e. The zero-order valence-electron chi connectivity index (χ0n) is 6.88. The molecule has 0 saturated carbocycles. The van der Waals surface area contributed by atoms with Crippen molar-refractivity contribution in [2.45, 2.75) is 6.30 Å². The lowest BCUT2D eigenvalue weighted by atomic mass is 10.2. The van der Waals surface area contributed by atoms with Gasteiger partial charge in [-0.05, 0) is 12.1 Å². The van der Waals surface area contributed by atoms with E-state index in [2.05, 4.69) is 5.73 Å². The van der Waals surface area contributed by atoms with Crippen molar-refractivity contribution >= 4 is 6.04 Å². The molecule has 0 saturated heterocycles. The van der Waals surface area contributed by atoms with Crippen molar-refractivity contribution in [3.05, 3.63) is 35.9 Å². The Morgan fingerprint density at radius 1 is 1.14 bits per heavy atom. The van der Waals surface area contributed by atoms with E-state index in [1.807, 2.05) is 0 Å². The molecule has 0 aliphatic heterocycles. The molecule has 0 radical (unpaired) electrons. The quantitative estimate of drug-likeness (QED) is 0.438. The lowest BCUT2D eigenvalue weighted by Crippen LogP contribution is -2.20. The van der Waals surface area contributed by atoms with E-state index in [-0.39, 0.29) is 5.56 Å². The Labute approximate surface area is 77.3 Å². The van der Waals surface area contributed by atoms with Gasteiger partial charge in [0.15, 0.2) is 0 Å². The topological polar surface area (TPSA) is 43.1 Å². The highest BCUT2D eigenvalue weighted by atomic mass is 19.4. The van der Waals surface area contributed by atoms with Crippen LogP contribution in [0.4, 0.5) is 17.6 Å². The summed E-state index contributed by atoms with van der Waals surface area (Å²) in [5.41, 5.74) is 3.46. The summed E-state index contributed by atoms with van der Waals surface area (Å²) in [5.74, 6) is 0.